The fraction of sp³-hybridized carbons (Fsp3) is 0.773. The maximum atomic E-state index is 11.2. The summed E-state index contributed by atoms with van der Waals surface area (Å²) in [4.78, 5) is 11.2. The highest BCUT2D eigenvalue weighted by Crippen LogP contribution is 2.12. The molecule has 0 aliphatic carbocycles. The third kappa shape index (κ3) is 20.9. The molecular formula is C22H41NO2. The Morgan fingerprint density at radius 1 is 0.800 bits per heavy atom. The Labute approximate surface area is 156 Å². The van der Waals surface area contributed by atoms with Gasteiger partial charge in [-0.05, 0) is 12.8 Å². The second kappa shape index (κ2) is 21.0. The van der Waals surface area contributed by atoms with Crippen LogP contribution in [-0.4, -0.2) is 24.2 Å². The van der Waals surface area contributed by atoms with Gasteiger partial charge in [-0.15, -0.1) is 0 Å². The van der Waals surface area contributed by atoms with Crippen LogP contribution < -0.4 is 5.32 Å². The van der Waals surface area contributed by atoms with Crippen LogP contribution in [0.2, 0.25) is 0 Å². The molecule has 0 saturated carbocycles. The first-order valence-corrected chi connectivity index (χ1v) is 10.5. The summed E-state index contributed by atoms with van der Waals surface area (Å²) in [6, 6.07) is 0. The van der Waals surface area contributed by atoms with E-state index in [2.05, 4.69) is 18.3 Å². The molecule has 0 radical (unpaired) electrons. The molecule has 3 nitrogen and oxygen atoms in total. The summed E-state index contributed by atoms with van der Waals surface area (Å²) in [6.07, 6.45) is 26.4. The predicted molar refractivity (Wildman–Crippen MR) is 109 cm³/mol. The van der Waals surface area contributed by atoms with Crippen LogP contribution >= 0.6 is 0 Å². The number of aliphatic hydroxyl groups is 1. The van der Waals surface area contributed by atoms with Crippen molar-refractivity contribution in [2.75, 3.05) is 13.2 Å². The quantitative estimate of drug-likeness (QED) is 0.189. The van der Waals surface area contributed by atoms with Crippen molar-refractivity contribution in [3.05, 3.63) is 24.3 Å². The molecule has 0 saturated heterocycles. The van der Waals surface area contributed by atoms with Crippen LogP contribution in [0, 0.1) is 0 Å². The summed E-state index contributed by atoms with van der Waals surface area (Å²) < 4.78 is 0. The Balaban J connectivity index is 3.22. The number of carbonyl (C=O) groups is 1. The fourth-order valence-corrected chi connectivity index (χ4v) is 2.84. The first kappa shape index (κ1) is 23.9. The van der Waals surface area contributed by atoms with Gasteiger partial charge in [-0.25, -0.2) is 0 Å². The molecule has 0 aliphatic rings. The topological polar surface area (TPSA) is 49.3 Å². The summed E-state index contributed by atoms with van der Waals surface area (Å²) in [6.45, 7) is 2.57. The Bertz CT molecular complexity index is 337. The summed E-state index contributed by atoms with van der Waals surface area (Å²) in [5, 5.41) is 11.2. The van der Waals surface area contributed by atoms with Crippen LogP contribution in [0.25, 0.3) is 0 Å². The first-order valence-electron chi connectivity index (χ1n) is 10.5. The SMILES string of the molecule is CCCCCCCCCCCCCCCC=CC=CC(=O)NCCO. The molecule has 1 amide bonds. The fourth-order valence-electron chi connectivity index (χ4n) is 2.84. The molecule has 0 fully saturated rings. The van der Waals surface area contributed by atoms with Crippen LogP contribution in [0.5, 0.6) is 0 Å². The monoisotopic (exact) mass is 351 g/mol. The van der Waals surface area contributed by atoms with Crippen molar-refractivity contribution in [2.45, 2.75) is 96.8 Å². The summed E-state index contributed by atoms with van der Waals surface area (Å²) in [5.74, 6) is -0.153. The zero-order valence-corrected chi connectivity index (χ0v) is 16.5. The first-order chi connectivity index (χ1) is 12.3. The average molecular weight is 352 g/mol. The van der Waals surface area contributed by atoms with Crippen molar-refractivity contribution in [3.63, 3.8) is 0 Å². The van der Waals surface area contributed by atoms with Crippen molar-refractivity contribution < 1.29 is 9.90 Å². The van der Waals surface area contributed by atoms with E-state index in [1.54, 1.807) is 6.08 Å². The Morgan fingerprint density at radius 2 is 1.32 bits per heavy atom. The van der Waals surface area contributed by atoms with Gasteiger partial charge in [0.25, 0.3) is 0 Å². The number of amides is 1. The van der Waals surface area contributed by atoms with Gasteiger partial charge in [0, 0.05) is 12.6 Å². The number of rotatable bonds is 18. The second-order valence-electron chi connectivity index (χ2n) is 6.83. The van der Waals surface area contributed by atoms with Gasteiger partial charge in [0.2, 0.25) is 5.91 Å². The third-order valence-corrected chi connectivity index (χ3v) is 4.38. The molecule has 0 spiro atoms. The van der Waals surface area contributed by atoms with Gasteiger partial charge >= 0.3 is 0 Å². The van der Waals surface area contributed by atoms with Gasteiger partial charge in [-0.3, -0.25) is 4.79 Å². The standard InChI is InChI=1S/C22H41NO2/c1-2-3-4-5-6-7-8-9-10-11-12-13-14-15-16-17-18-19-22(25)23-20-21-24/h16-19,24H,2-15,20-21H2,1H3,(H,23,25). The van der Waals surface area contributed by atoms with Gasteiger partial charge < -0.3 is 10.4 Å². The lowest BCUT2D eigenvalue weighted by molar-refractivity contribution is -0.116. The maximum Gasteiger partial charge on any atom is 0.244 e. The van der Waals surface area contributed by atoms with Crippen LogP contribution in [0.1, 0.15) is 96.8 Å². The highest BCUT2D eigenvalue weighted by molar-refractivity contribution is 5.87. The van der Waals surface area contributed by atoms with E-state index in [-0.39, 0.29) is 12.5 Å². The zero-order valence-electron chi connectivity index (χ0n) is 16.5. The molecule has 0 aromatic heterocycles. The molecule has 146 valence electrons. The van der Waals surface area contributed by atoms with E-state index in [1.807, 2.05) is 6.08 Å². The summed E-state index contributed by atoms with van der Waals surface area (Å²) >= 11 is 0. The molecule has 0 rings (SSSR count). The number of nitrogens with one attached hydrogen (secondary N) is 1. The molecular weight excluding hydrogens is 310 g/mol. The van der Waals surface area contributed by atoms with Gasteiger partial charge in [-0.2, -0.15) is 0 Å². The molecule has 0 aliphatic heterocycles. The van der Waals surface area contributed by atoms with Crippen LogP contribution in [0.4, 0.5) is 0 Å². The van der Waals surface area contributed by atoms with E-state index in [4.69, 9.17) is 5.11 Å². The number of carbonyl (C=O) groups excluding carboxylic acids is 1. The number of aliphatic hydroxyl groups excluding tert-OH is 1. The van der Waals surface area contributed by atoms with E-state index >= 15 is 0 Å². The molecule has 0 bridgehead atoms. The Hall–Kier alpha value is -1.09. The Kier molecular flexibility index (Phi) is 20.0. The minimum absolute atomic E-state index is 0.0194. The number of hydrogen-bond donors (Lipinski definition) is 2. The van der Waals surface area contributed by atoms with E-state index in [0.717, 1.165) is 6.42 Å². The molecule has 2 N–H and O–H groups in total. The molecule has 0 heterocycles. The van der Waals surface area contributed by atoms with E-state index in [0.29, 0.717) is 6.54 Å². The normalized spacial score (nSPS) is 11.6. The maximum absolute atomic E-state index is 11.2. The Morgan fingerprint density at radius 3 is 1.84 bits per heavy atom. The van der Waals surface area contributed by atoms with E-state index in [9.17, 15) is 4.79 Å². The largest absolute Gasteiger partial charge is 0.395 e. The lowest BCUT2D eigenvalue weighted by Gasteiger charge is -2.02. The van der Waals surface area contributed by atoms with Gasteiger partial charge in [0.1, 0.15) is 0 Å². The van der Waals surface area contributed by atoms with Crippen molar-refractivity contribution in [3.8, 4) is 0 Å². The molecule has 0 aromatic carbocycles. The van der Waals surface area contributed by atoms with Gasteiger partial charge in [-0.1, -0.05) is 102 Å². The molecule has 25 heavy (non-hydrogen) atoms. The second-order valence-corrected chi connectivity index (χ2v) is 6.83. The minimum atomic E-state index is -0.153. The predicted octanol–water partition coefficient (Wildman–Crippen LogP) is 5.69. The van der Waals surface area contributed by atoms with Crippen molar-refractivity contribution >= 4 is 5.91 Å². The summed E-state index contributed by atoms with van der Waals surface area (Å²) in [7, 11) is 0. The lowest BCUT2D eigenvalue weighted by Crippen LogP contribution is -2.24. The van der Waals surface area contributed by atoms with Gasteiger partial charge in [0.05, 0.1) is 6.61 Å². The number of allylic oxidation sites excluding steroid dienone is 3. The molecule has 0 atom stereocenters. The highest BCUT2D eigenvalue weighted by atomic mass is 16.3. The van der Waals surface area contributed by atoms with E-state index in [1.165, 1.54) is 89.5 Å². The van der Waals surface area contributed by atoms with Crippen molar-refractivity contribution in [2.24, 2.45) is 0 Å². The molecule has 0 aromatic rings. The third-order valence-electron chi connectivity index (χ3n) is 4.38. The zero-order chi connectivity index (χ0) is 18.4. The van der Waals surface area contributed by atoms with Gasteiger partial charge in [0.15, 0.2) is 0 Å². The average Bonchev–Trinajstić information content (AvgIpc) is 2.62. The van der Waals surface area contributed by atoms with Crippen LogP contribution in [-0.2, 0) is 4.79 Å². The number of hydrogen-bond acceptors (Lipinski definition) is 2. The molecule has 3 heteroatoms. The number of unbranched alkanes of at least 4 members (excludes halogenated alkanes) is 13. The van der Waals surface area contributed by atoms with Crippen LogP contribution in [0.3, 0.4) is 0 Å². The van der Waals surface area contributed by atoms with E-state index < -0.39 is 0 Å². The van der Waals surface area contributed by atoms with Crippen molar-refractivity contribution in [1.82, 2.24) is 5.32 Å². The van der Waals surface area contributed by atoms with Crippen LogP contribution in [0.15, 0.2) is 24.3 Å². The molecule has 0 unspecified atom stereocenters. The van der Waals surface area contributed by atoms with Crippen molar-refractivity contribution in [1.29, 1.82) is 0 Å². The smallest absolute Gasteiger partial charge is 0.244 e. The summed E-state index contributed by atoms with van der Waals surface area (Å²) in [5.41, 5.74) is 0. The lowest BCUT2D eigenvalue weighted by atomic mass is 10.0. The minimum Gasteiger partial charge on any atom is -0.395 e. The highest BCUT2D eigenvalue weighted by Gasteiger charge is 1.93.